The fourth-order valence-electron chi connectivity index (χ4n) is 0.843. The van der Waals surface area contributed by atoms with Crippen molar-refractivity contribution in [1.82, 2.24) is 0 Å². The topological polar surface area (TPSA) is 43.4 Å². The second kappa shape index (κ2) is 4.52. The fraction of sp³-hybridized carbons (Fsp3) is 0.250. The number of halogens is 3. The largest absolute Gasteiger partial charge is 0.489 e. The highest BCUT2D eigenvalue weighted by Crippen LogP contribution is 2.17. The van der Waals surface area contributed by atoms with Crippen molar-refractivity contribution in [3.8, 4) is 5.75 Å². The molecule has 0 heterocycles. The van der Waals surface area contributed by atoms with Gasteiger partial charge in [0, 0.05) is 6.07 Å². The Bertz CT molecular complexity index is 444. The van der Waals surface area contributed by atoms with Crippen molar-refractivity contribution in [2.24, 2.45) is 0 Å². The average Bonchev–Trinajstić information content (AvgIpc) is 2.07. The van der Waals surface area contributed by atoms with Crippen LogP contribution in [0.5, 0.6) is 5.75 Å². The smallest absolute Gasteiger partial charge is 0.305 e. The average molecular weight is 240 g/mol. The Balaban J connectivity index is 2.59. The van der Waals surface area contributed by atoms with Gasteiger partial charge in [-0.25, -0.2) is 8.78 Å². The van der Waals surface area contributed by atoms with Crippen LogP contribution >= 0.6 is 0 Å². The lowest BCUT2D eigenvalue weighted by Gasteiger charge is -2.05. The lowest BCUT2D eigenvalue weighted by Crippen LogP contribution is -2.10. The van der Waals surface area contributed by atoms with Crippen LogP contribution in [0, 0.1) is 11.6 Å². The van der Waals surface area contributed by atoms with Crippen LogP contribution < -0.4 is 4.74 Å². The van der Waals surface area contributed by atoms with Gasteiger partial charge in [-0.2, -0.15) is 8.42 Å². The van der Waals surface area contributed by atoms with Gasteiger partial charge in [-0.15, -0.1) is 3.89 Å². The number of hydrogen-bond donors (Lipinski definition) is 0. The van der Waals surface area contributed by atoms with E-state index in [0.29, 0.717) is 6.07 Å². The zero-order chi connectivity index (χ0) is 11.5. The predicted octanol–water partition coefficient (Wildman–Crippen LogP) is 1.64. The minimum Gasteiger partial charge on any atom is -0.489 e. The lowest BCUT2D eigenvalue weighted by molar-refractivity contribution is 0.319. The molecule has 1 aromatic carbocycles. The highest BCUT2D eigenvalue weighted by molar-refractivity contribution is 7.86. The molecule has 0 amide bonds. The van der Waals surface area contributed by atoms with Crippen molar-refractivity contribution in [3.63, 3.8) is 0 Å². The molecule has 0 atom stereocenters. The second-order valence-electron chi connectivity index (χ2n) is 2.67. The number of benzene rings is 1. The Morgan fingerprint density at radius 1 is 1.27 bits per heavy atom. The first-order valence-electron chi connectivity index (χ1n) is 3.89. The van der Waals surface area contributed by atoms with Crippen LogP contribution in [-0.4, -0.2) is 20.8 Å². The van der Waals surface area contributed by atoms with E-state index in [9.17, 15) is 21.1 Å². The van der Waals surface area contributed by atoms with Crippen molar-refractivity contribution in [2.75, 3.05) is 12.4 Å². The van der Waals surface area contributed by atoms with Crippen LogP contribution in [0.1, 0.15) is 0 Å². The molecule has 0 unspecified atom stereocenters. The van der Waals surface area contributed by atoms with Gasteiger partial charge in [-0.1, -0.05) is 0 Å². The molecule has 0 N–H and O–H groups in total. The summed E-state index contributed by atoms with van der Waals surface area (Å²) in [5.41, 5.74) is 0. The molecule has 84 valence electrons. The molecule has 0 radical (unpaired) electrons. The zero-order valence-corrected chi connectivity index (χ0v) is 8.23. The molecule has 0 fully saturated rings. The summed E-state index contributed by atoms with van der Waals surface area (Å²) >= 11 is 0. The van der Waals surface area contributed by atoms with Crippen molar-refractivity contribution in [3.05, 3.63) is 29.8 Å². The molecule has 1 aromatic rings. The van der Waals surface area contributed by atoms with E-state index in [4.69, 9.17) is 0 Å². The van der Waals surface area contributed by atoms with Gasteiger partial charge in [0.1, 0.15) is 18.2 Å². The minimum atomic E-state index is -4.64. The van der Waals surface area contributed by atoms with Crippen molar-refractivity contribution < 1.29 is 25.8 Å². The van der Waals surface area contributed by atoms with Crippen LogP contribution in [0.2, 0.25) is 0 Å². The van der Waals surface area contributed by atoms with E-state index < -0.39 is 34.2 Å². The second-order valence-corrected chi connectivity index (χ2v) is 4.15. The molecule has 1 rings (SSSR count). The van der Waals surface area contributed by atoms with Crippen LogP contribution in [-0.2, 0) is 10.2 Å². The summed E-state index contributed by atoms with van der Waals surface area (Å²) in [6.07, 6.45) is 0. The summed E-state index contributed by atoms with van der Waals surface area (Å²) in [4.78, 5) is 0. The maximum Gasteiger partial charge on any atom is 0.305 e. The molecule has 0 aromatic heterocycles. The van der Waals surface area contributed by atoms with Gasteiger partial charge in [-0.3, -0.25) is 0 Å². The van der Waals surface area contributed by atoms with Crippen molar-refractivity contribution in [1.29, 1.82) is 0 Å². The van der Waals surface area contributed by atoms with Gasteiger partial charge in [0.25, 0.3) is 0 Å². The van der Waals surface area contributed by atoms with Gasteiger partial charge in [0.2, 0.25) is 0 Å². The van der Waals surface area contributed by atoms with E-state index in [-0.39, 0.29) is 5.75 Å². The summed E-state index contributed by atoms with van der Waals surface area (Å²) in [7, 11) is -4.64. The number of rotatable bonds is 4. The highest BCUT2D eigenvalue weighted by atomic mass is 32.3. The molecule has 0 aliphatic rings. The Morgan fingerprint density at radius 3 is 2.47 bits per heavy atom. The molecule has 0 saturated carbocycles. The van der Waals surface area contributed by atoms with E-state index in [1.54, 1.807) is 0 Å². The first-order valence-corrected chi connectivity index (χ1v) is 5.44. The van der Waals surface area contributed by atoms with E-state index in [2.05, 4.69) is 4.74 Å². The minimum absolute atomic E-state index is 0.319. The molecule has 0 bridgehead atoms. The molecule has 3 nitrogen and oxygen atoms in total. The Hall–Kier alpha value is -1.24. The lowest BCUT2D eigenvalue weighted by atomic mass is 10.3. The van der Waals surface area contributed by atoms with Crippen LogP contribution in [0.4, 0.5) is 12.7 Å². The van der Waals surface area contributed by atoms with Crippen LogP contribution in [0.3, 0.4) is 0 Å². The standard InChI is InChI=1S/C8H7F3O3S/c9-6-1-2-8(7(10)5-6)14-3-4-15(11,12)13/h1-2,5H,3-4H2. The van der Waals surface area contributed by atoms with Crippen LogP contribution in [0.15, 0.2) is 18.2 Å². The van der Waals surface area contributed by atoms with Crippen molar-refractivity contribution >= 4 is 10.2 Å². The summed E-state index contributed by atoms with van der Waals surface area (Å²) in [6.45, 7) is -0.526. The Kier molecular flexibility index (Phi) is 3.57. The van der Waals surface area contributed by atoms with Crippen LogP contribution in [0.25, 0.3) is 0 Å². The van der Waals surface area contributed by atoms with Crippen molar-refractivity contribution in [2.45, 2.75) is 0 Å². The predicted molar refractivity (Wildman–Crippen MR) is 46.7 cm³/mol. The summed E-state index contributed by atoms with van der Waals surface area (Å²) in [5, 5.41) is 0. The molecule has 0 aliphatic heterocycles. The molecular weight excluding hydrogens is 233 g/mol. The third-order valence-electron chi connectivity index (χ3n) is 1.48. The SMILES string of the molecule is O=S(=O)(F)CCOc1ccc(F)cc1F. The zero-order valence-electron chi connectivity index (χ0n) is 7.41. The van der Waals surface area contributed by atoms with Gasteiger partial charge in [-0.05, 0) is 12.1 Å². The van der Waals surface area contributed by atoms with E-state index in [1.165, 1.54) is 0 Å². The van der Waals surface area contributed by atoms with Gasteiger partial charge in [0.15, 0.2) is 11.6 Å². The third-order valence-corrected chi connectivity index (χ3v) is 2.13. The molecule has 15 heavy (non-hydrogen) atoms. The summed E-state index contributed by atoms with van der Waals surface area (Å²) < 4.78 is 62.0. The quantitative estimate of drug-likeness (QED) is 0.751. The monoisotopic (exact) mass is 240 g/mol. The molecule has 0 spiro atoms. The molecule has 0 aliphatic carbocycles. The molecule has 7 heteroatoms. The third kappa shape index (κ3) is 4.20. The maximum atomic E-state index is 12.9. The Labute approximate surface area is 84.7 Å². The maximum absolute atomic E-state index is 12.9. The highest BCUT2D eigenvalue weighted by Gasteiger charge is 2.09. The van der Waals surface area contributed by atoms with Gasteiger partial charge in [0.05, 0.1) is 0 Å². The van der Waals surface area contributed by atoms with E-state index in [1.807, 2.05) is 0 Å². The van der Waals surface area contributed by atoms with Gasteiger partial charge < -0.3 is 4.74 Å². The molecule has 0 saturated heterocycles. The Morgan fingerprint density at radius 2 is 1.93 bits per heavy atom. The number of hydrogen-bond acceptors (Lipinski definition) is 3. The van der Waals surface area contributed by atoms with E-state index >= 15 is 0 Å². The first kappa shape index (κ1) is 11.8. The number of ether oxygens (including phenoxy) is 1. The first-order chi connectivity index (χ1) is 6.88. The normalized spacial score (nSPS) is 11.4. The van der Waals surface area contributed by atoms with Gasteiger partial charge >= 0.3 is 10.2 Å². The fourth-order valence-corrected chi connectivity index (χ4v) is 1.13. The summed E-state index contributed by atoms with van der Waals surface area (Å²) in [5.74, 6) is -2.94. The summed E-state index contributed by atoms with van der Waals surface area (Å²) in [6, 6.07) is 2.52. The van der Waals surface area contributed by atoms with E-state index in [0.717, 1.165) is 12.1 Å². The molecular formula is C8H7F3O3S.